The van der Waals surface area contributed by atoms with Crippen molar-refractivity contribution in [1.82, 2.24) is 0 Å². The summed E-state index contributed by atoms with van der Waals surface area (Å²) in [6, 6.07) is 0. The minimum absolute atomic E-state index is 0.0775. The van der Waals surface area contributed by atoms with Crippen molar-refractivity contribution in [3.63, 3.8) is 0 Å². The maximum atomic E-state index is 10.2. The first-order chi connectivity index (χ1) is 8.36. The molecule has 104 valence electrons. The summed E-state index contributed by atoms with van der Waals surface area (Å²) in [6.45, 7) is -0.280. The van der Waals surface area contributed by atoms with Gasteiger partial charge in [-0.1, -0.05) is 0 Å². The van der Waals surface area contributed by atoms with Crippen molar-refractivity contribution in [2.24, 2.45) is 0 Å². The molecule has 0 aliphatic rings. The highest BCUT2D eigenvalue weighted by atomic mass is 16.4. The Morgan fingerprint density at radius 2 is 0.944 bits per heavy atom. The second kappa shape index (κ2) is 11.7. The molecule has 0 radical (unpaired) electrons. The summed E-state index contributed by atoms with van der Waals surface area (Å²) in [7, 11) is 0. The quantitative estimate of drug-likeness (QED) is 0.400. The van der Waals surface area contributed by atoms with E-state index in [9.17, 15) is 19.2 Å². The van der Waals surface area contributed by atoms with E-state index in [0.29, 0.717) is 0 Å². The minimum Gasteiger partial charge on any atom is -0.476 e. The van der Waals surface area contributed by atoms with Gasteiger partial charge in [0.15, 0.2) is 0 Å². The van der Waals surface area contributed by atoms with Crippen molar-refractivity contribution in [2.45, 2.75) is 25.7 Å². The second-order valence-corrected chi connectivity index (χ2v) is 3.11. The number of aliphatic carboxylic acids is 2. The van der Waals surface area contributed by atoms with Crippen LogP contribution in [0.1, 0.15) is 25.7 Å². The number of Topliss-reactive ketones (excluding diaryl/α,β-unsaturated/α-hetero) is 2. The van der Waals surface area contributed by atoms with Crippen LogP contribution in [0.3, 0.4) is 0 Å². The molecule has 0 rings (SSSR count). The van der Waals surface area contributed by atoms with Gasteiger partial charge >= 0.3 is 11.9 Å². The molecule has 0 unspecified atom stereocenters. The largest absolute Gasteiger partial charge is 0.476 e. The number of carboxylic acid groups (broad SMARTS) is 2. The van der Waals surface area contributed by atoms with Gasteiger partial charge in [-0.05, 0) is 12.8 Å². The maximum absolute atomic E-state index is 10.2. The Hall–Kier alpha value is -1.80. The topological polar surface area (TPSA) is 149 Å². The number of hydrogen-bond donors (Lipinski definition) is 4. The van der Waals surface area contributed by atoms with E-state index in [-0.39, 0.29) is 38.9 Å². The first kappa shape index (κ1) is 18.6. The molecule has 8 nitrogen and oxygen atoms in total. The van der Waals surface area contributed by atoms with Crippen LogP contribution in [0.2, 0.25) is 0 Å². The van der Waals surface area contributed by atoms with Crippen LogP contribution in [0, 0.1) is 0 Å². The zero-order valence-electron chi connectivity index (χ0n) is 9.66. The fourth-order valence-electron chi connectivity index (χ4n) is 0.693. The number of aliphatic hydroxyl groups excluding tert-OH is 2. The van der Waals surface area contributed by atoms with Crippen LogP contribution in [0.4, 0.5) is 0 Å². The van der Waals surface area contributed by atoms with Gasteiger partial charge in [0.25, 0.3) is 0 Å². The fraction of sp³-hybridized carbons (Fsp3) is 0.600. The van der Waals surface area contributed by atoms with Gasteiger partial charge in [0, 0.05) is 26.1 Å². The zero-order valence-corrected chi connectivity index (χ0v) is 9.66. The smallest absolute Gasteiger partial charge is 0.372 e. The third-order valence-electron chi connectivity index (χ3n) is 1.60. The van der Waals surface area contributed by atoms with Crippen LogP contribution in [0.5, 0.6) is 0 Å². The zero-order chi connectivity index (χ0) is 14.6. The number of rotatable bonds is 8. The third kappa shape index (κ3) is 12.3. The second-order valence-electron chi connectivity index (χ2n) is 3.11. The molecule has 0 saturated carbocycles. The van der Waals surface area contributed by atoms with Crippen molar-refractivity contribution < 1.29 is 39.6 Å². The third-order valence-corrected chi connectivity index (χ3v) is 1.60. The molecular formula is C10H16O8. The van der Waals surface area contributed by atoms with Crippen molar-refractivity contribution in [3.05, 3.63) is 0 Å². The molecule has 0 aromatic heterocycles. The van der Waals surface area contributed by atoms with Gasteiger partial charge in [-0.2, -0.15) is 0 Å². The van der Waals surface area contributed by atoms with Crippen molar-refractivity contribution in [2.75, 3.05) is 13.2 Å². The summed E-state index contributed by atoms with van der Waals surface area (Å²) in [5.74, 6) is -4.54. The van der Waals surface area contributed by atoms with Crippen molar-refractivity contribution in [1.29, 1.82) is 0 Å². The van der Waals surface area contributed by atoms with Gasteiger partial charge in [0.1, 0.15) is 0 Å². The number of ketones is 2. The molecule has 0 aromatic carbocycles. The van der Waals surface area contributed by atoms with Crippen LogP contribution < -0.4 is 0 Å². The Labute approximate surface area is 103 Å². The van der Waals surface area contributed by atoms with E-state index in [1.807, 2.05) is 0 Å². The van der Waals surface area contributed by atoms with Crippen LogP contribution >= 0.6 is 0 Å². The summed E-state index contributed by atoms with van der Waals surface area (Å²) >= 11 is 0. The molecule has 0 bridgehead atoms. The van der Waals surface area contributed by atoms with Crippen molar-refractivity contribution >= 4 is 23.5 Å². The fourth-order valence-corrected chi connectivity index (χ4v) is 0.693. The molecule has 0 heterocycles. The Morgan fingerprint density at radius 1 is 0.667 bits per heavy atom. The van der Waals surface area contributed by atoms with Gasteiger partial charge in [-0.3, -0.25) is 9.59 Å². The molecule has 0 aliphatic heterocycles. The summed E-state index contributed by atoms with van der Waals surface area (Å²) in [5.41, 5.74) is 0. The average molecular weight is 264 g/mol. The van der Waals surface area contributed by atoms with E-state index in [4.69, 9.17) is 20.4 Å². The van der Waals surface area contributed by atoms with Crippen LogP contribution in [-0.4, -0.2) is 57.1 Å². The number of aliphatic hydroxyl groups is 2. The Kier molecular flexibility index (Phi) is 12.0. The molecule has 0 saturated heterocycles. The lowest BCUT2D eigenvalue weighted by atomic mass is 10.2. The number of carbonyl (C=O) groups excluding carboxylic acids is 2. The molecule has 0 aliphatic carbocycles. The van der Waals surface area contributed by atoms with Crippen LogP contribution in [-0.2, 0) is 19.2 Å². The number of hydrogen-bond acceptors (Lipinski definition) is 6. The van der Waals surface area contributed by atoms with Crippen LogP contribution in [0.15, 0.2) is 0 Å². The van der Waals surface area contributed by atoms with E-state index in [1.54, 1.807) is 0 Å². The first-order valence-corrected chi connectivity index (χ1v) is 5.10. The molecule has 18 heavy (non-hydrogen) atoms. The predicted octanol–water partition coefficient (Wildman–Crippen LogP) is -1.17. The average Bonchev–Trinajstić information content (AvgIpc) is 2.33. The highest BCUT2D eigenvalue weighted by molar-refractivity contribution is 6.32. The Balaban J connectivity index is 0. The molecule has 0 amide bonds. The lowest BCUT2D eigenvalue weighted by molar-refractivity contribution is -0.149. The normalized spacial score (nSPS) is 9.00. The van der Waals surface area contributed by atoms with E-state index < -0.39 is 23.5 Å². The SMILES string of the molecule is O=C(O)C(=O)CCCO.O=C(O)C(=O)CCCO. The van der Waals surface area contributed by atoms with E-state index >= 15 is 0 Å². The summed E-state index contributed by atoms with van der Waals surface area (Å²) < 4.78 is 0. The highest BCUT2D eigenvalue weighted by Crippen LogP contribution is 1.88. The summed E-state index contributed by atoms with van der Waals surface area (Å²) in [6.07, 6.45) is 0.300. The van der Waals surface area contributed by atoms with Gasteiger partial charge in [-0.25, -0.2) is 9.59 Å². The molecule has 0 atom stereocenters. The lowest BCUT2D eigenvalue weighted by Gasteiger charge is -1.89. The maximum Gasteiger partial charge on any atom is 0.372 e. The molecule has 8 heteroatoms. The number of carboxylic acids is 2. The van der Waals surface area contributed by atoms with Gasteiger partial charge in [0.2, 0.25) is 11.6 Å². The Morgan fingerprint density at radius 3 is 1.11 bits per heavy atom. The molecule has 0 spiro atoms. The van der Waals surface area contributed by atoms with E-state index in [2.05, 4.69) is 0 Å². The van der Waals surface area contributed by atoms with Gasteiger partial charge < -0.3 is 20.4 Å². The monoisotopic (exact) mass is 264 g/mol. The summed E-state index contributed by atoms with van der Waals surface area (Å²) in [4.78, 5) is 39.9. The molecule has 0 fully saturated rings. The van der Waals surface area contributed by atoms with Crippen molar-refractivity contribution in [3.8, 4) is 0 Å². The Bertz CT molecular complexity index is 266. The standard InChI is InChI=1S/2C5H8O4/c2*6-3-1-2-4(7)5(8)9/h2*6H,1-3H2,(H,8,9). The lowest BCUT2D eigenvalue weighted by Crippen LogP contribution is -2.12. The van der Waals surface area contributed by atoms with Gasteiger partial charge in [-0.15, -0.1) is 0 Å². The van der Waals surface area contributed by atoms with E-state index in [0.717, 1.165) is 0 Å². The minimum atomic E-state index is -1.43. The van der Waals surface area contributed by atoms with Crippen LogP contribution in [0.25, 0.3) is 0 Å². The summed E-state index contributed by atoms with van der Waals surface area (Å²) in [5, 5.41) is 32.3. The van der Waals surface area contributed by atoms with E-state index in [1.165, 1.54) is 0 Å². The number of carbonyl (C=O) groups is 4. The first-order valence-electron chi connectivity index (χ1n) is 5.10. The molecule has 4 N–H and O–H groups in total. The molecule has 0 aromatic rings. The predicted molar refractivity (Wildman–Crippen MR) is 57.9 cm³/mol. The highest BCUT2D eigenvalue weighted by Gasteiger charge is 2.09. The molecular weight excluding hydrogens is 248 g/mol. The van der Waals surface area contributed by atoms with Gasteiger partial charge in [0.05, 0.1) is 0 Å².